The average Bonchev–Trinajstić information content (AvgIpc) is 3.69. The first-order valence-corrected chi connectivity index (χ1v) is 29.1. The van der Waals surface area contributed by atoms with Gasteiger partial charge < -0.3 is 14.2 Å². The molecule has 63 heavy (non-hydrogen) atoms. The molecule has 3 nitrogen and oxygen atoms in total. The molecule has 0 bridgehead atoms. The summed E-state index contributed by atoms with van der Waals surface area (Å²) in [6.07, 6.45) is 0. The maximum absolute atomic E-state index is 7.13. The third-order valence-corrected chi connectivity index (χ3v) is 17.1. The van der Waals surface area contributed by atoms with Crippen LogP contribution in [0.3, 0.4) is 0 Å². The summed E-state index contributed by atoms with van der Waals surface area (Å²) in [5.74, 6) is 0. The summed E-state index contributed by atoms with van der Waals surface area (Å²) in [7, 11) is -2.99. The van der Waals surface area contributed by atoms with Gasteiger partial charge in [0.2, 0.25) is 0 Å². The Morgan fingerprint density at radius 2 is 0.762 bits per heavy atom. The van der Waals surface area contributed by atoms with Gasteiger partial charge in [-0.2, -0.15) is 0 Å². The van der Waals surface area contributed by atoms with Gasteiger partial charge in [0.1, 0.15) is 11.2 Å². The van der Waals surface area contributed by atoms with E-state index >= 15 is 0 Å². The highest BCUT2D eigenvalue weighted by atomic mass is 28.3. The molecule has 0 N–H and O–H groups in total. The summed E-state index contributed by atoms with van der Waals surface area (Å²) in [5.41, 5.74) is 8.49. The van der Waals surface area contributed by atoms with Crippen molar-refractivity contribution in [1.29, 1.82) is 0 Å². The zero-order valence-corrected chi connectivity index (χ0v) is 38.8. The van der Waals surface area contributed by atoms with Gasteiger partial charge in [-0.15, -0.1) is 0 Å². The summed E-state index contributed by atoms with van der Waals surface area (Å²) < 4.78 is 7.13. The van der Waals surface area contributed by atoms with Crippen LogP contribution in [-0.4, -0.2) is 16.1 Å². The summed E-state index contributed by atoms with van der Waals surface area (Å²) in [6, 6.07) is 71.7. The van der Waals surface area contributed by atoms with Crippen molar-refractivity contribution in [3.05, 3.63) is 194 Å². The quantitative estimate of drug-likeness (QED) is 0.112. The molecule has 306 valence electrons. The van der Waals surface area contributed by atoms with Crippen LogP contribution in [0.25, 0.3) is 65.0 Å². The second-order valence-electron chi connectivity index (χ2n) is 19.0. The van der Waals surface area contributed by atoms with Crippen LogP contribution in [0.5, 0.6) is 0 Å². The van der Waals surface area contributed by atoms with E-state index in [1.54, 1.807) is 0 Å². The van der Waals surface area contributed by atoms with Crippen molar-refractivity contribution in [2.45, 2.75) is 39.3 Å². The highest BCUT2D eigenvalue weighted by molar-refractivity contribution is 6.89. The summed E-state index contributed by atoms with van der Waals surface area (Å²) in [6.45, 7) is 14.4. The minimum Gasteiger partial charge on any atom is -0.455 e. The number of hydrogen-bond donors (Lipinski definition) is 0. The Kier molecular flexibility index (Phi) is 9.19. The number of anilines is 6. The summed E-state index contributed by atoms with van der Waals surface area (Å²) in [4.78, 5) is 4.82. The Bertz CT molecular complexity index is 3530. The smallest absolute Gasteiger partial charge is 0.143 e. The summed E-state index contributed by atoms with van der Waals surface area (Å²) in [5, 5.41) is 14.7. The van der Waals surface area contributed by atoms with Crippen LogP contribution in [0.4, 0.5) is 34.1 Å². The minimum absolute atomic E-state index is 0.869. The van der Waals surface area contributed by atoms with Crippen LogP contribution >= 0.6 is 0 Å². The highest BCUT2D eigenvalue weighted by Crippen LogP contribution is 2.47. The van der Waals surface area contributed by atoms with Gasteiger partial charge in [-0.25, -0.2) is 0 Å². The van der Waals surface area contributed by atoms with E-state index < -0.39 is 16.1 Å². The van der Waals surface area contributed by atoms with Gasteiger partial charge in [-0.05, 0) is 93.7 Å². The molecule has 0 amide bonds. The molecule has 1 aromatic heterocycles. The van der Waals surface area contributed by atoms with Crippen molar-refractivity contribution >= 4 is 126 Å². The van der Waals surface area contributed by atoms with Gasteiger partial charge in [-0.3, -0.25) is 0 Å². The monoisotopic (exact) mass is 846 g/mol. The number of nitrogens with zero attached hydrogens (tertiary/aromatic N) is 2. The second-order valence-corrected chi connectivity index (χ2v) is 29.2. The number of fused-ring (bicyclic) bond motifs is 10. The minimum atomic E-state index is -1.50. The molecule has 0 saturated carbocycles. The van der Waals surface area contributed by atoms with Crippen molar-refractivity contribution in [2.75, 3.05) is 9.80 Å². The average molecular weight is 847 g/mol. The van der Waals surface area contributed by atoms with Crippen molar-refractivity contribution in [1.82, 2.24) is 0 Å². The molecule has 0 atom stereocenters. The van der Waals surface area contributed by atoms with Crippen LogP contribution < -0.4 is 20.2 Å². The van der Waals surface area contributed by atoms with Crippen molar-refractivity contribution in [3.63, 3.8) is 0 Å². The van der Waals surface area contributed by atoms with Crippen LogP contribution in [0, 0.1) is 0 Å². The molecule has 10 aromatic carbocycles. The molecule has 0 spiro atoms. The summed E-state index contributed by atoms with van der Waals surface area (Å²) >= 11 is 0. The Labute approximate surface area is 371 Å². The van der Waals surface area contributed by atoms with Crippen LogP contribution in [-0.2, 0) is 0 Å². The van der Waals surface area contributed by atoms with Gasteiger partial charge in [0.25, 0.3) is 0 Å². The van der Waals surface area contributed by atoms with Crippen LogP contribution in [0.2, 0.25) is 39.3 Å². The molecule has 11 rings (SSSR count). The molecular formula is C58H50N2OSi2. The van der Waals surface area contributed by atoms with Gasteiger partial charge in [0.15, 0.2) is 0 Å². The van der Waals surface area contributed by atoms with Crippen molar-refractivity contribution in [2.24, 2.45) is 0 Å². The largest absolute Gasteiger partial charge is 0.455 e. The first-order chi connectivity index (χ1) is 30.5. The molecule has 0 aliphatic rings. The molecule has 0 radical (unpaired) electrons. The van der Waals surface area contributed by atoms with Crippen molar-refractivity contribution in [3.8, 4) is 0 Å². The van der Waals surface area contributed by atoms with E-state index in [1.165, 1.54) is 48.1 Å². The third-order valence-electron chi connectivity index (χ3n) is 12.9. The molecular weight excluding hydrogens is 797 g/mol. The predicted octanol–water partition coefficient (Wildman–Crippen LogP) is 16.2. The van der Waals surface area contributed by atoms with Gasteiger partial charge in [-0.1, -0.05) is 171 Å². The molecule has 0 unspecified atom stereocenters. The fourth-order valence-corrected chi connectivity index (χ4v) is 11.9. The lowest BCUT2D eigenvalue weighted by atomic mass is 9.96. The SMILES string of the molecule is C[Si](C)(C)c1ccc(N(c2ccc3c(c2)oc2c4ccc(N(c5ccc([Si](C)(C)C)cc5)c5cccc6ccccc56)cc4c4ccccc4c32)c2cccc3ccccc23)cc1. The van der Waals surface area contributed by atoms with E-state index in [9.17, 15) is 0 Å². The van der Waals surface area contributed by atoms with E-state index in [0.717, 1.165) is 61.4 Å². The van der Waals surface area contributed by atoms with Gasteiger partial charge >= 0.3 is 0 Å². The molecule has 0 saturated heterocycles. The number of rotatable bonds is 8. The van der Waals surface area contributed by atoms with E-state index in [1.807, 2.05) is 0 Å². The normalized spacial score (nSPS) is 12.3. The predicted molar refractivity (Wildman–Crippen MR) is 279 cm³/mol. The van der Waals surface area contributed by atoms with E-state index in [4.69, 9.17) is 4.42 Å². The molecule has 0 fully saturated rings. The lowest BCUT2D eigenvalue weighted by molar-refractivity contribution is 0.673. The first-order valence-electron chi connectivity index (χ1n) is 22.1. The van der Waals surface area contributed by atoms with E-state index in [-0.39, 0.29) is 0 Å². The van der Waals surface area contributed by atoms with Gasteiger partial charge in [0.05, 0.1) is 27.5 Å². The fourth-order valence-electron chi connectivity index (χ4n) is 9.59. The Hall–Kier alpha value is -6.93. The Morgan fingerprint density at radius 3 is 1.29 bits per heavy atom. The van der Waals surface area contributed by atoms with Crippen molar-refractivity contribution < 1.29 is 4.42 Å². The lowest BCUT2D eigenvalue weighted by Gasteiger charge is -2.28. The molecule has 1 heterocycles. The maximum atomic E-state index is 7.13. The van der Waals surface area contributed by atoms with Crippen LogP contribution in [0.15, 0.2) is 199 Å². The molecule has 11 aromatic rings. The topological polar surface area (TPSA) is 19.6 Å². The zero-order chi connectivity index (χ0) is 43.0. The number of hydrogen-bond acceptors (Lipinski definition) is 3. The number of benzene rings is 10. The maximum Gasteiger partial charge on any atom is 0.143 e. The zero-order valence-electron chi connectivity index (χ0n) is 36.8. The first kappa shape index (κ1) is 39.0. The molecule has 0 aliphatic heterocycles. The fraction of sp³-hybridized carbons (Fsp3) is 0.103. The van der Waals surface area contributed by atoms with E-state index in [0.29, 0.717) is 0 Å². The lowest BCUT2D eigenvalue weighted by Crippen LogP contribution is -2.37. The van der Waals surface area contributed by atoms with E-state index in [2.05, 4.69) is 243 Å². The van der Waals surface area contributed by atoms with Crippen LogP contribution in [0.1, 0.15) is 0 Å². The molecule has 0 aliphatic carbocycles. The van der Waals surface area contributed by atoms with Gasteiger partial charge in [0, 0.05) is 55.7 Å². The third kappa shape index (κ3) is 6.71. The standard InChI is InChI=1S/C58H50N2OSi2/c1-62(2,3)45-31-25-41(26-32-45)59(54-23-13-17-39-15-7-9-19-47(39)54)43-29-35-51-53(37-43)49-21-11-12-22-50(49)57-52-36-30-44(38-56(52)61-58(51)57)60(42-27-33-46(34-28-42)63(4,5)6)55-24-14-18-40-16-8-10-20-48(40)55/h7-38H,1-6H3. The molecule has 5 heteroatoms. The highest BCUT2D eigenvalue weighted by Gasteiger charge is 2.24. The second kappa shape index (κ2) is 14.9. The Balaban J connectivity index is 1.12. The Morgan fingerprint density at radius 1 is 0.333 bits per heavy atom. The number of furan rings is 1.